The molecule has 8 nitrogen and oxygen atoms in total. The Bertz CT molecular complexity index is 777. The summed E-state index contributed by atoms with van der Waals surface area (Å²) in [5.74, 6) is 1.00. The number of rotatable bonds is 4. The molecule has 2 amide bonds. The zero-order valence-corrected chi connectivity index (χ0v) is 15.0. The molecular weight excluding hydrogens is 342 g/mol. The molecule has 9 heteroatoms. The predicted molar refractivity (Wildman–Crippen MR) is 92.5 cm³/mol. The first-order chi connectivity index (χ1) is 11.9. The Morgan fingerprint density at radius 1 is 1.44 bits per heavy atom. The predicted octanol–water partition coefficient (Wildman–Crippen LogP) is 1.10. The molecule has 1 saturated heterocycles. The number of nitrogens with one attached hydrogen (secondary N) is 1. The third-order valence-corrected chi connectivity index (χ3v) is 5.32. The van der Waals surface area contributed by atoms with Gasteiger partial charge < -0.3 is 14.7 Å². The third-order valence-electron chi connectivity index (χ3n) is 3.92. The summed E-state index contributed by atoms with van der Waals surface area (Å²) in [6, 6.07) is 3.01. The van der Waals surface area contributed by atoms with Crippen molar-refractivity contribution in [3.63, 3.8) is 0 Å². The van der Waals surface area contributed by atoms with E-state index in [4.69, 9.17) is 4.52 Å². The summed E-state index contributed by atoms with van der Waals surface area (Å²) in [5, 5.41) is 6.70. The van der Waals surface area contributed by atoms with Crippen molar-refractivity contribution in [2.75, 3.05) is 12.8 Å². The second kappa shape index (κ2) is 6.83. The SMILES string of the molecule is CN(Cc1nc(-c2ccncc2)no1)C(=O)[C@@H]1CSC(C)(C)C(=O)N1. The molecular formula is C16H19N5O3S. The molecule has 2 aromatic heterocycles. The van der Waals surface area contributed by atoms with Crippen molar-refractivity contribution < 1.29 is 14.1 Å². The minimum atomic E-state index is -0.543. The maximum Gasteiger partial charge on any atom is 0.246 e. The van der Waals surface area contributed by atoms with E-state index in [2.05, 4.69) is 20.4 Å². The molecule has 0 spiro atoms. The molecule has 1 N–H and O–H groups in total. The van der Waals surface area contributed by atoms with E-state index in [1.165, 1.54) is 16.7 Å². The van der Waals surface area contributed by atoms with Gasteiger partial charge in [-0.15, -0.1) is 11.8 Å². The van der Waals surface area contributed by atoms with Crippen LogP contribution in [0.1, 0.15) is 19.7 Å². The highest BCUT2D eigenvalue weighted by molar-refractivity contribution is 8.01. The van der Waals surface area contributed by atoms with Crippen LogP contribution >= 0.6 is 11.8 Å². The minimum absolute atomic E-state index is 0.131. The summed E-state index contributed by atoms with van der Waals surface area (Å²) in [6.07, 6.45) is 3.29. The summed E-state index contributed by atoms with van der Waals surface area (Å²) < 4.78 is 4.70. The average Bonchev–Trinajstić information content (AvgIpc) is 3.06. The lowest BCUT2D eigenvalue weighted by atomic mass is 10.1. The van der Waals surface area contributed by atoms with Crippen molar-refractivity contribution in [3.8, 4) is 11.4 Å². The van der Waals surface area contributed by atoms with E-state index in [1.807, 2.05) is 13.8 Å². The van der Waals surface area contributed by atoms with Gasteiger partial charge in [-0.2, -0.15) is 4.98 Å². The topological polar surface area (TPSA) is 101 Å². The lowest BCUT2D eigenvalue weighted by molar-refractivity contribution is -0.136. The molecule has 0 aliphatic carbocycles. The Balaban J connectivity index is 1.63. The lowest BCUT2D eigenvalue weighted by Crippen LogP contribution is -2.57. The second-order valence-electron chi connectivity index (χ2n) is 6.29. The zero-order chi connectivity index (χ0) is 18.0. The van der Waals surface area contributed by atoms with Gasteiger partial charge >= 0.3 is 0 Å². The molecule has 0 unspecified atom stereocenters. The van der Waals surface area contributed by atoms with E-state index in [1.54, 1.807) is 31.6 Å². The summed E-state index contributed by atoms with van der Waals surface area (Å²) in [4.78, 5) is 34.3. The van der Waals surface area contributed by atoms with Crippen molar-refractivity contribution >= 4 is 23.6 Å². The second-order valence-corrected chi connectivity index (χ2v) is 7.93. The maximum absolute atomic E-state index is 12.5. The summed E-state index contributed by atoms with van der Waals surface area (Å²) in [5.41, 5.74) is 0.789. The Labute approximate surface area is 149 Å². The van der Waals surface area contributed by atoms with Gasteiger partial charge in [0.25, 0.3) is 0 Å². The number of carbonyl (C=O) groups excluding carboxylic acids is 2. The van der Waals surface area contributed by atoms with E-state index in [0.717, 1.165) is 5.56 Å². The van der Waals surface area contributed by atoms with Gasteiger partial charge in [-0.25, -0.2) is 0 Å². The largest absolute Gasteiger partial charge is 0.342 e. The highest BCUT2D eigenvalue weighted by Crippen LogP contribution is 2.29. The Morgan fingerprint density at radius 3 is 2.84 bits per heavy atom. The number of nitrogens with zero attached hydrogens (tertiary/aromatic N) is 4. The number of hydrogen-bond donors (Lipinski definition) is 1. The fourth-order valence-electron chi connectivity index (χ4n) is 2.35. The number of amides is 2. The fourth-order valence-corrected chi connectivity index (χ4v) is 3.35. The van der Waals surface area contributed by atoms with Gasteiger partial charge in [0.1, 0.15) is 6.04 Å². The standard InChI is InChI=1S/C16H19N5O3S/c1-16(2)15(23)18-11(9-25-16)14(22)21(3)8-12-19-13(20-24-12)10-4-6-17-7-5-10/h4-7,11H,8-9H2,1-3H3,(H,18,23)/t11-/m0/s1. The first-order valence-corrected chi connectivity index (χ1v) is 8.78. The number of aromatic nitrogens is 3. The molecule has 2 aromatic rings. The van der Waals surface area contributed by atoms with E-state index in [9.17, 15) is 9.59 Å². The van der Waals surface area contributed by atoms with Gasteiger partial charge in [-0.05, 0) is 26.0 Å². The average molecular weight is 361 g/mol. The molecule has 3 heterocycles. The number of hydrogen-bond acceptors (Lipinski definition) is 7. The number of carbonyl (C=O) groups is 2. The quantitative estimate of drug-likeness (QED) is 0.870. The molecule has 25 heavy (non-hydrogen) atoms. The third kappa shape index (κ3) is 3.81. The van der Waals surface area contributed by atoms with Crippen molar-refractivity contribution in [1.29, 1.82) is 0 Å². The Morgan fingerprint density at radius 2 is 2.16 bits per heavy atom. The van der Waals surface area contributed by atoms with Crippen molar-refractivity contribution in [1.82, 2.24) is 25.3 Å². The van der Waals surface area contributed by atoms with Crippen LogP contribution < -0.4 is 5.32 Å². The van der Waals surface area contributed by atoms with Crippen LogP contribution in [0, 0.1) is 0 Å². The molecule has 0 radical (unpaired) electrons. The van der Waals surface area contributed by atoms with Gasteiger partial charge in [-0.3, -0.25) is 14.6 Å². The normalized spacial score (nSPS) is 19.3. The highest BCUT2D eigenvalue weighted by Gasteiger charge is 2.38. The zero-order valence-electron chi connectivity index (χ0n) is 14.2. The number of likely N-dealkylation sites (N-methyl/N-ethyl adjacent to an activating group) is 1. The van der Waals surface area contributed by atoms with Gasteiger partial charge in [0.2, 0.25) is 23.5 Å². The van der Waals surface area contributed by atoms with E-state index in [0.29, 0.717) is 17.5 Å². The van der Waals surface area contributed by atoms with Gasteiger partial charge in [0.15, 0.2) is 0 Å². The van der Waals surface area contributed by atoms with Crippen molar-refractivity contribution in [2.24, 2.45) is 0 Å². The molecule has 132 valence electrons. The smallest absolute Gasteiger partial charge is 0.246 e. The van der Waals surface area contributed by atoms with Crippen LogP contribution in [-0.2, 0) is 16.1 Å². The summed E-state index contributed by atoms with van der Waals surface area (Å²) >= 11 is 1.47. The van der Waals surface area contributed by atoms with Crippen molar-refractivity contribution in [3.05, 3.63) is 30.4 Å². The molecule has 1 aliphatic heterocycles. The minimum Gasteiger partial charge on any atom is -0.342 e. The molecule has 0 saturated carbocycles. The highest BCUT2D eigenvalue weighted by atomic mass is 32.2. The van der Waals surface area contributed by atoms with Crippen molar-refractivity contribution in [2.45, 2.75) is 31.2 Å². The molecule has 1 aliphatic rings. The molecule has 0 aromatic carbocycles. The first kappa shape index (κ1) is 17.4. The fraction of sp³-hybridized carbons (Fsp3) is 0.438. The van der Waals surface area contributed by atoms with E-state index in [-0.39, 0.29) is 18.4 Å². The van der Waals surface area contributed by atoms with Crippen LogP contribution in [0.5, 0.6) is 0 Å². The van der Waals surface area contributed by atoms with Gasteiger partial charge in [0, 0.05) is 30.8 Å². The van der Waals surface area contributed by atoms with Gasteiger partial charge in [0.05, 0.1) is 11.3 Å². The van der Waals surface area contributed by atoms with E-state index >= 15 is 0 Å². The molecule has 1 fully saturated rings. The summed E-state index contributed by atoms with van der Waals surface area (Å²) in [7, 11) is 1.65. The molecule has 3 rings (SSSR count). The number of pyridine rings is 1. The Kier molecular flexibility index (Phi) is 4.76. The maximum atomic E-state index is 12.5. The lowest BCUT2D eigenvalue weighted by Gasteiger charge is -2.34. The van der Waals surface area contributed by atoms with Crippen LogP contribution in [0.25, 0.3) is 11.4 Å². The van der Waals surface area contributed by atoms with Gasteiger partial charge in [-0.1, -0.05) is 5.16 Å². The Hall–Kier alpha value is -2.42. The van der Waals surface area contributed by atoms with E-state index < -0.39 is 10.8 Å². The summed E-state index contributed by atoms with van der Waals surface area (Å²) in [6.45, 7) is 3.87. The number of thioether (sulfide) groups is 1. The molecule has 0 bridgehead atoms. The van der Waals surface area contributed by atoms with Crippen LogP contribution in [0.15, 0.2) is 29.0 Å². The van der Waals surface area contributed by atoms with Crippen LogP contribution in [0.2, 0.25) is 0 Å². The van der Waals surface area contributed by atoms with Crippen LogP contribution in [0.3, 0.4) is 0 Å². The molecule has 1 atom stereocenters. The first-order valence-electron chi connectivity index (χ1n) is 7.80. The van der Waals surface area contributed by atoms with Crippen LogP contribution in [-0.4, -0.2) is 55.4 Å². The monoisotopic (exact) mass is 361 g/mol. The van der Waals surface area contributed by atoms with Crippen LogP contribution in [0.4, 0.5) is 0 Å².